The van der Waals surface area contributed by atoms with Crippen LogP contribution in [0.25, 0.3) is 0 Å². The molecule has 0 saturated heterocycles. The summed E-state index contributed by atoms with van der Waals surface area (Å²) in [6, 6.07) is 3.38. The summed E-state index contributed by atoms with van der Waals surface area (Å²) >= 11 is 3.23. The maximum absolute atomic E-state index is 12.8. The van der Waals surface area contributed by atoms with Gasteiger partial charge in [0, 0.05) is 4.47 Å². The maximum atomic E-state index is 12.8. The van der Waals surface area contributed by atoms with Crippen LogP contribution in [-0.4, -0.2) is 12.7 Å². The standard InChI is InChI=1S/C9H8BrF2NO/c1-5-2-6(10)3-7-8(5)13-4-9(11,12)14-7/h2-3,13H,4H2,1H3. The summed E-state index contributed by atoms with van der Waals surface area (Å²) in [6.07, 6.45) is -3.12. The average molecular weight is 264 g/mol. The van der Waals surface area contributed by atoms with Crippen molar-refractivity contribution in [3.63, 3.8) is 0 Å². The van der Waals surface area contributed by atoms with Gasteiger partial charge in [-0.2, -0.15) is 8.78 Å². The van der Waals surface area contributed by atoms with Crippen LogP contribution in [0.1, 0.15) is 5.56 Å². The molecular weight excluding hydrogens is 256 g/mol. The second-order valence-electron chi connectivity index (χ2n) is 3.19. The third-order valence-electron chi connectivity index (χ3n) is 1.99. The minimum atomic E-state index is -3.12. The van der Waals surface area contributed by atoms with Gasteiger partial charge in [-0.3, -0.25) is 0 Å². The fourth-order valence-corrected chi connectivity index (χ4v) is 1.96. The molecule has 0 fully saturated rings. The Labute approximate surface area is 88.4 Å². The van der Waals surface area contributed by atoms with E-state index in [4.69, 9.17) is 0 Å². The second-order valence-corrected chi connectivity index (χ2v) is 4.10. The Morgan fingerprint density at radius 3 is 2.93 bits per heavy atom. The Hall–Kier alpha value is -0.840. The van der Waals surface area contributed by atoms with E-state index in [1.54, 1.807) is 0 Å². The van der Waals surface area contributed by atoms with E-state index in [1.165, 1.54) is 6.07 Å². The second kappa shape index (κ2) is 3.08. The smallest absolute Gasteiger partial charge is 0.415 e. The molecule has 1 aromatic rings. The summed E-state index contributed by atoms with van der Waals surface area (Å²) < 4.78 is 31.0. The van der Waals surface area contributed by atoms with Crippen LogP contribution in [0.2, 0.25) is 0 Å². The Morgan fingerprint density at radius 1 is 1.50 bits per heavy atom. The average Bonchev–Trinajstić information content (AvgIpc) is 2.00. The van der Waals surface area contributed by atoms with Crippen LogP contribution in [0.5, 0.6) is 5.75 Å². The van der Waals surface area contributed by atoms with Gasteiger partial charge >= 0.3 is 6.11 Å². The molecule has 0 atom stereocenters. The van der Waals surface area contributed by atoms with Crippen molar-refractivity contribution in [1.82, 2.24) is 0 Å². The van der Waals surface area contributed by atoms with E-state index in [2.05, 4.69) is 26.0 Å². The number of hydrogen-bond acceptors (Lipinski definition) is 2. The third-order valence-corrected chi connectivity index (χ3v) is 2.45. The van der Waals surface area contributed by atoms with Crippen molar-refractivity contribution in [2.24, 2.45) is 0 Å². The van der Waals surface area contributed by atoms with Crippen LogP contribution in [-0.2, 0) is 0 Å². The molecule has 0 aromatic heterocycles. The van der Waals surface area contributed by atoms with Crippen molar-refractivity contribution in [3.05, 3.63) is 22.2 Å². The summed E-state index contributed by atoms with van der Waals surface area (Å²) in [4.78, 5) is 0. The highest BCUT2D eigenvalue weighted by atomic mass is 79.9. The Bertz CT molecular complexity index is 381. The van der Waals surface area contributed by atoms with Gasteiger partial charge in [0.05, 0.1) is 5.69 Å². The van der Waals surface area contributed by atoms with E-state index in [0.717, 1.165) is 10.0 Å². The number of fused-ring (bicyclic) bond motifs is 1. The predicted octanol–water partition coefficient (Wildman–Crippen LogP) is 3.15. The van der Waals surface area contributed by atoms with Crippen molar-refractivity contribution in [2.75, 3.05) is 11.9 Å². The van der Waals surface area contributed by atoms with E-state index < -0.39 is 12.7 Å². The molecule has 14 heavy (non-hydrogen) atoms. The van der Waals surface area contributed by atoms with E-state index in [-0.39, 0.29) is 5.75 Å². The summed E-state index contributed by atoms with van der Waals surface area (Å²) in [5.74, 6) is 0.188. The van der Waals surface area contributed by atoms with Gasteiger partial charge in [-0.15, -0.1) is 0 Å². The molecule has 1 aliphatic rings. The highest BCUT2D eigenvalue weighted by Crippen LogP contribution is 2.38. The molecule has 1 N–H and O–H groups in total. The largest absolute Gasteiger partial charge is 0.429 e. The molecule has 0 spiro atoms. The quantitative estimate of drug-likeness (QED) is 0.777. The van der Waals surface area contributed by atoms with Crippen molar-refractivity contribution >= 4 is 21.6 Å². The number of rotatable bonds is 0. The summed E-state index contributed by atoms with van der Waals surface area (Å²) in [6.45, 7) is 1.35. The number of ether oxygens (including phenoxy) is 1. The molecule has 1 heterocycles. The Kier molecular flexibility index (Phi) is 2.14. The zero-order valence-corrected chi connectivity index (χ0v) is 8.99. The fraction of sp³-hybridized carbons (Fsp3) is 0.333. The lowest BCUT2D eigenvalue weighted by atomic mass is 10.1. The molecule has 1 aliphatic heterocycles. The highest BCUT2D eigenvalue weighted by Gasteiger charge is 2.36. The van der Waals surface area contributed by atoms with Gasteiger partial charge in [0.2, 0.25) is 0 Å². The molecule has 0 saturated carbocycles. The number of hydrogen-bond donors (Lipinski definition) is 1. The van der Waals surface area contributed by atoms with E-state index in [9.17, 15) is 8.78 Å². The first-order chi connectivity index (χ1) is 6.48. The van der Waals surface area contributed by atoms with Gasteiger partial charge in [-0.25, -0.2) is 0 Å². The van der Waals surface area contributed by atoms with Gasteiger partial charge in [0.1, 0.15) is 6.54 Å². The molecule has 0 amide bonds. The SMILES string of the molecule is Cc1cc(Br)cc2c1NCC(F)(F)O2. The third kappa shape index (κ3) is 1.68. The van der Waals surface area contributed by atoms with Gasteiger partial charge in [0.25, 0.3) is 0 Å². The van der Waals surface area contributed by atoms with Gasteiger partial charge in [-0.1, -0.05) is 15.9 Å². The monoisotopic (exact) mass is 263 g/mol. The first kappa shape index (κ1) is 9.71. The molecule has 2 rings (SSSR count). The molecule has 1 aromatic carbocycles. The number of anilines is 1. The van der Waals surface area contributed by atoms with Crippen LogP contribution in [0, 0.1) is 6.92 Å². The van der Waals surface area contributed by atoms with Crippen LogP contribution >= 0.6 is 15.9 Å². The predicted molar refractivity (Wildman–Crippen MR) is 52.9 cm³/mol. The highest BCUT2D eigenvalue weighted by molar-refractivity contribution is 9.10. The van der Waals surface area contributed by atoms with Gasteiger partial charge < -0.3 is 10.1 Å². The Morgan fingerprint density at radius 2 is 2.21 bits per heavy atom. The van der Waals surface area contributed by atoms with E-state index >= 15 is 0 Å². The molecule has 0 bridgehead atoms. The van der Waals surface area contributed by atoms with Crippen molar-refractivity contribution in [3.8, 4) is 5.75 Å². The lowest BCUT2D eigenvalue weighted by molar-refractivity contribution is -0.166. The lowest BCUT2D eigenvalue weighted by Gasteiger charge is -2.27. The van der Waals surface area contributed by atoms with Crippen LogP contribution in [0.15, 0.2) is 16.6 Å². The lowest BCUT2D eigenvalue weighted by Crippen LogP contribution is -2.37. The number of alkyl halides is 2. The summed E-state index contributed by atoms with van der Waals surface area (Å²) in [5, 5.41) is 2.65. The number of halogens is 3. The normalized spacial score (nSPS) is 18.0. The van der Waals surface area contributed by atoms with Crippen LogP contribution in [0.4, 0.5) is 14.5 Å². The van der Waals surface area contributed by atoms with Crippen molar-refractivity contribution < 1.29 is 13.5 Å². The molecule has 0 aliphatic carbocycles. The maximum Gasteiger partial charge on any atom is 0.415 e. The molecule has 0 radical (unpaired) electrons. The van der Waals surface area contributed by atoms with Crippen molar-refractivity contribution in [2.45, 2.75) is 13.0 Å². The molecule has 2 nitrogen and oxygen atoms in total. The van der Waals surface area contributed by atoms with Gasteiger partial charge in [0.15, 0.2) is 5.75 Å². The topological polar surface area (TPSA) is 21.3 Å². The van der Waals surface area contributed by atoms with E-state index in [1.807, 2.05) is 13.0 Å². The summed E-state index contributed by atoms with van der Waals surface area (Å²) in [5.41, 5.74) is 1.52. The molecular formula is C9H8BrF2NO. The number of aryl methyl sites for hydroxylation is 1. The molecule has 76 valence electrons. The van der Waals surface area contributed by atoms with Crippen molar-refractivity contribution in [1.29, 1.82) is 0 Å². The first-order valence-corrected chi connectivity index (χ1v) is 4.88. The minimum absolute atomic E-state index is 0.188. The summed E-state index contributed by atoms with van der Waals surface area (Å²) in [7, 11) is 0. The molecule has 5 heteroatoms. The minimum Gasteiger partial charge on any atom is -0.429 e. The Balaban J connectivity index is 2.47. The fourth-order valence-electron chi connectivity index (χ4n) is 1.41. The number of benzene rings is 1. The zero-order valence-electron chi connectivity index (χ0n) is 7.40. The zero-order chi connectivity index (χ0) is 10.3. The molecule has 0 unspecified atom stereocenters. The van der Waals surface area contributed by atoms with E-state index in [0.29, 0.717) is 5.69 Å². The van der Waals surface area contributed by atoms with Crippen LogP contribution < -0.4 is 10.1 Å². The first-order valence-electron chi connectivity index (χ1n) is 4.09. The van der Waals surface area contributed by atoms with Crippen LogP contribution in [0.3, 0.4) is 0 Å². The van der Waals surface area contributed by atoms with Gasteiger partial charge in [-0.05, 0) is 24.6 Å². The number of nitrogens with one attached hydrogen (secondary N) is 1.